The van der Waals surface area contributed by atoms with Crippen molar-refractivity contribution >= 4 is 44.4 Å². The van der Waals surface area contributed by atoms with Crippen molar-refractivity contribution in [1.82, 2.24) is 9.97 Å². The Hall–Kier alpha value is -2.70. The molecule has 30 heavy (non-hydrogen) atoms. The molecular formula is C24H23N3OS2. The summed E-state index contributed by atoms with van der Waals surface area (Å²) in [5, 5.41) is 0.721. The Kier molecular flexibility index (Phi) is 6.16. The van der Waals surface area contributed by atoms with Gasteiger partial charge < -0.3 is 0 Å². The maximum atomic E-state index is 13.3. The van der Waals surface area contributed by atoms with Crippen molar-refractivity contribution in [3.63, 3.8) is 0 Å². The van der Waals surface area contributed by atoms with Crippen molar-refractivity contribution in [3.8, 4) is 0 Å². The minimum Gasteiger partial charge on any atom is -0.281 e. The summed E-state index contributed by atoms with van der Waals surface area (Å²) in [7, 11) is 0. The Labute approximate surface area is 185 Å². The topological polar surface area (TPSA) is 46.1 Å². The standard InChI is InChI=1S/C24H23N3OS2/c1-16-7-10-20(11-8-16)29-15-22(28)27(14-19-6-4-5-13-25-19)24-26-23-18(3)17(2)9-12-21(23)30-24/h4-13H,14-15H2,1-3H3. The molecular weight excluding hydrogens is 410 g/mol. The van der Waals surface area contributed by atoms with E-state index in [1.165, 1.54) is 11.1 Å². The van der Waals surface area contributed by atoms with E-state index in [1.807, 2.05) is 18.2 Å². The second-order valence-corrected chi connectivity index (χ2v) is 9.31. The number of anilines is 1. The summed E-state index contributed by atoms with van der Waals surface area (Å²) >= 11 is 3.10. The van der Waals surface area contributed by atoms with Gasteiger partial charge in [-0.1, -0.05) is 41.2 Å². The number of carbonyl (C=O) groups excluding carboxylic acids is 1. The first-order valence-electron chi connectivity index (χ1n) is 9.78. The monoisotopic (exact) mass is 433 g/mol. The van der Waals surface area contributed by atoms with Crippen molar-refractivity contribution in [1.29, 1.82) is 0 Å². The largest absolute Gasteiger partial charge is 0.281 e. The number of benzene rings is 2. The van der Waals surface area contributed by atoms with Gasteiger partial charge in [0.2, 0.25) is 5.91 Å². The fourth-order valence-electron chi connectivity index (χ4n) is 3.10. The molecule has 0 aliphatic heterocycles. The predicted octanol–water partition coefficient (Wildman–Crippen LogP) is 5.94. The number of aromatic nitrogens is 2. The number of pyridine rings is 1. The number of nitrogens with zero attached hydrogens (tertiary/aromatic N) is 3. The van der Waals surface area contributed by atoms with E-state index in [1.54, 1.807) is 34.2 Å². The Morgan fingerprint density at radius 3 is 2.57 bits per heavy atom. The molecule has 4 nitrogen and oxygen atoms in total. The van der Waals surface area contributed by atoms with Gasteiger partial charge >= 0.3 is 0 Å². The summed E-state index contributed by atoms with van der Waals surface area (Å²) in [6, 6.07) is 18.2. The van der Waals surface area contributed by atoms with Gasteiger partial charge in [-0.3, -0.25) is 14.7 Å². The predicted molar refractivity (Wildman–Crippen MR) is 126 cm³/mol. The Morgan fingerprint density at radius 2 is 1.83 bits per heavy atom. The van der Waals surface area contributed by atoms with E-state index < -0.39 is 0 Å². The number of aryl methyl sites for hydroxylation is 3. The average molecular weight is 434 g/mol. The van der Waals surface area contributed by atoms with Crippen LogP contribution in [-0.2, 0) is 11.3 Å². The molecule has 0 spiro atoms. The lowest BCUT2D eigenvalue weighted by Crippen LogP contribution is -2.32. The van der Waals surface area contributed by atoms with Crippen LogP contribution in [0.4, 0.5) is 5.13 Å². The van der Waals surface area contributed by atoms with Crippen molar-refractivity contribution < 1.29 is 4.79 Å². The van der Waals surface area contributed by atoms with Crippen molar-refractivity contribution in [3.05, 3.63) is 83.2 Å². The van der Waals surface area contributed by atoms with Crippen LogP contribution in [0.3, 0.4) is 0 Å². The SMILES string of the molecule is Cc1ccc(SCC(=O)N(Cc2ccccn2)c2nc3c(C)c(C)ccc3s2)cc1. The molecule has 0 N–H and O–H groups in total. The molecule has 0 saturated carbocycles. The van der Waals surface area contributed by atoms with Crippen molar-refractivity contribution in [2.45, 2.75) is 32.2 Å². The van der Waals surface area contributed by atoms with Gasteiger partial charge in [0.25, 0.3) is 0 Å². The van der Waals surface area contributed by atoms with E-state index in [-0.39, 0.29) is 5.91 Å². The maximum absolute atomic E-state index is 13.3. The minimum atomic E-state index is 0.0275. The van der Waals surface area contributed by atoms with Crippen molar-refractivity contribution in [2.75, 3.05) is 10.7 Å². The quantitative estimate of drug-likeness (QED) is 0.353. The van der Waals surface area contributed by atoms with Crippen LogP contribution >= 0.6 is 23.1 Å². The van der Waals surface area contributed by atoms with E-state index in [4.69, 9.17) is 4.98 Å². The summed E-state index contributed by atoms with van der Waals surface area (Å²) in [4.78, 5) is 25.4. The van der Waals surface area contributed by atoms with Crippen LogP contribution in [0.2, 0.25) is 0 Å². The Bertz CT molecular complexity index is 1170. The number of thiazole rings is 1. The molecule has 0 fully saturated rings. The highest BCUT2D eigenvalue weighted by molar-refractivity contribution is 8.00. The lowest BCUT2D eigenvalue weighted by Gasteiger charge is -2.19. The fraction of sp³-hybridized carbons (Fsp3) is 0.208. The van der Waals surface area contributed by atoms with E-state index in [2.05, 4.69) is 62.2 Å². The second kappa shape index (κ2) is 8.98. The lowest BCUT2D eigenvalue weighted by atomic mass is 10.1. The minimum absolute atomic E-state index is 0.0275. The number of rotatable bonds is 6. The first-order valence-corrected chi connectivity index (χ1v) is 11.6. The molecule has 2 aromatic carbocycles. The highest BCUT2D eigenvalue weighted by atomic mass is 32.2. The van der Waals surface area contributed by atoms with E-state index in [0.29, 0.717) is 12.3 Å². The van der Waals surface area contributed by atoms with Gasteiger partial charge in [0, 0.05) is 11.1 Å². The molecule has 0 aliphatic carbocycles. The normalized spacial score (nSPS) is 11.0. The highest BCUT2D eigenvalue weighted by Gasteiger charge is 2.21. The molecule has 0 bridgehead atoms. The Balaban J connectivity index is 1.63. The van der Waals surface area contributed by atoms with Crippen LogP contribution in [0.1, 0.15) is 22.4 Å². The summed E-state index contributed by atoms with van der Waals surface area (Å²) in [6.45, 7) is 6.64. The maximum Gasteiger partial charge on any atom is 0.239 e. The van der Waals surface area contributed by atoms with Crippen LogP contribution < -0.4 is 4.90 Å². The molecule has 0 atom stereocenters. The third kappa shape index (κ3) is 4.55. The van der Waals surface area contributed by atoms with Crippen LogP contribution in [0.5, 0.6) is 0 Å². The van der Waals surface area contributed by atoms with Gasteiger partial charge in [0.15, 0.2) is 5.13 Å². The molecule has 4 aromatic rings. The van der Waals surface area contributed by atoms with Gasteiger partial charge in [-0.15, -0.1) is 11.8 Å². The lowest BCUT2D eigenvalue weighted by molar-refractivity contribution is -0.116. The summed E-state index contributed by atoms with van der Waals surface area (Å²) in [6.07, 6.45) is 1.75. The molecule has 2 aromatic heterocycles. The van der Waals surface area contributed by atoms with Crippen LogP contribution in [-0.4, -0.2) is 21.6 Å². The van der Waals surface area contributed by atoms with E-state index in [9.17, 15) is 4.79 Å². The van der Waals surface area contributed by atoms with Gasteiger partial charge in [-0.25, -0.2) is 4.98 Å². The van der Waals surface area contributed by atoms with Crippen molar-refractivity contribution in [2.24, 2.45) is 0 Å². The zero-order chi connectivity index (χ0) is 21.1. The Morgan fingerprint density at radius 1 is 1.03 bits per heavy atom. The molecule has 0 aliphatic rings. The highest BCUT2D eigenvalue weighted by Crippen LogP contribution is 2.33. The van der Waals surface area contributed by atoms with Crippen LogP contribution in [0.25, 0.3) is 10.2 Å². The molecule has 0 radical (unpaired) electrons. The van der Waals surface area contributed by atoms with Gasteiger partial charge in [-0.05, 0) is 62.2 Å². The molecule has 152 valence electrons. The van der Waals surface area contributed by atoms with Crippen LogP contribution in [0, 0.1) is 20.8 Å². The summed E-state index contributed by atoms with van der Waals surface area (Å²) in [5.74, 6) is 0.378. The van der Waals surface area contributed by atoms with E-state index in [0.717, 1.165) is 31.5 Å². The van der Waals surface area contributed by atoms with Gasteiger partial charge in [0.1, 0.15) is 0 Å². The fourth-order valence-corrected chi connectivity index (χ4v) is 4.92. The smallest absolute Gasteiger partial charge is 0.239 e. The number of amides is 1. The van der Waals surface area contributed by atoms with Crippen LogP contribution in [0.15, 0.2) is 65.7 Å². The molecule has 6 heteroatoms. The zero-order valence-electron chi connectivity index (χ0n) is 17.3. The number of hydrogen-bond acceptors (Lipinski definition) is 5. The molecule has 0 unspecified atom stereocenters. The molecule has 1 amide bonds. The first-order chi connectivity index (χ1) is 14.5. The number of thioether (sulfide) groups is 1. The second-order valence-electron chi connectivity index (χ2n) is 7.25. The number of hydrogen-bond donors (Lipinski definition) is 0. The van der Waals surface area contributed by atoms with Gasteiger partial charge in [-0.2, -0.15) is 0 Å². The average Bonchev–Trinajstić information content (AvgIpc) is 3.19. The summed E-state index contributed by atoms with van der Waals surface area (Å²) < 4.78 is 1.10. The zero-order valence-corrected chi connectivity index (χ0v) is 18.9. The number of carbonyl (C=O) groups is 1. The third-order valence-corrected chi connectivity index (χ3v) is 7.08. The molecule has 2 heterocycles. The third-order valence-electron chi connectivity index (χ3n) is 5.04. The summed E-state index contributed by atoms with van der Waals surface area (Å²) in [5.41, 5.74) is 5.40. The van der Waals surface area contributed by atoms with E-state index >= 15 is 0 Å². The molecule has 4 rings (SSSR count). The first kappa shape index (κ1) is 20.6. The number of fused-ring (bicyclic) bond motifs is 1. The molecule has 0 saturated heterocycles. The van der Waals surface area contributed by atoms with Gasteiger partial charge in [0.05, 0.1) is 28.2 Å².